The number of carbonyl (C=O) groups excluding carboxylic acids is 2. The highest BCUT2D eigenvalue weighted by Crippen LogP contribution is 2.30. The topological polar surface area (TPSA) is 95.5 Å². The summed E-state index contributed by atoms with van der Waals surface area (Å²) >= 11 is 0. The number of carboxylic acids is 1. The van der Waals surface area contributed by atoms with E-state index in [-0.39, 0.29) is 30.7 Å². The highest BCUT2D eigenvalue weighted by Gasteiger charge is 2.28. The predicted octanol–water partition coefficient (Wildman–Crippen LogP) is 1.13. The quantitative estimate of drug-likeness (QED) is 0.697. The lowest BCUT2D eigenvalue weighted by Gasteiger charge is -2.27. The van der Waals surface area contributed by atoms with Gasteiger partial charge in [-0.1, -0.05) is 24.3 Å². The Kier molecular flexibility index (Phi) is 6.35. The summed E-state index contributed by atoms with van der Waals surface area (Å²) in [6.07, 6.45) is 3.10. The zero-order chi connectivity index (χ0) is 17.5. The number of benzene rings is 1. The molecule has 1 aromatic carbocycles. The minimum absolute atomic E-state index is 0.126. The molecule has 6 nitrogen and oxygen atoms in total. The van der Waals surface area contributed by atoms with Crippen LogP contribution in [0.3, 0.4) is 0 Å². The van der Waals surface area contributed by atoms with Gasteiger partial charge in [0, 0.05) is 13.0 Å². The summed E-state index contributed by atoms with van der Waals surface area (Å²) in [5.74, 6) is -1.98. The van der Waals surface area contributed by atoms with E-state index >= 15 is 0 Å². The minimum Gasteiger partial charge on any atom is -0.481 e. The fraction of sp³-hybridized carbons (Fsp3) is 0.500. The standard InChI is InChI=1S/C18H24N2O4/c1-19-16(21)11-20-18(24)15(10-17(22)23)9-12-6-7-13-4-2-3-5-14(13)8-12/h2-5,12,15H,6-11H2,1H3,(H,19,21)(H,20,24)(H,22,23). The normalized spacial score (nSPS) is 17.5. The predicted molar refractivity (Wildman–Crippen MR) is 89.4 cm³/mol. The van der Waals surface area contributed by atoms with E-state index < -0.39 is 11.9 Å². The van der Waals surface area contributed by atoms with Crippen molar-refractivity contribution in [1.82, 2.24) is 10.6 Å². The molecule has 0 saturated heterocycles. The summed E-state index contributed by atoms with van der Waals surface area (Å²) in [6, 6.07) is 8.25. The van der Waals surface area contributed by atoms with Gasteiger partial charge >= 0.3 is 5.97 Å². The number of hydrogen-bond donors (Lipinski definition) is 3. The molecule has 2 atom stereocenters. The zero-order valence-corrected chi connectivity index (χ0v) is 13.9. The van der Waals surface area contributed by atoms with Crippen molar-refractivity contribution in [3.8, 4) is 0 Å². The number of fused-ring (bicyclic) bond motifs is 1. The molecule has 1 aliphatic rings. The van der Waals surface area contributed by atoms with Crippen LogP contribution in [0.1, 0.15) is 30.4 Å². The third kappa shape index (κ3) is 5.08. The lowest BCUT2D eigenvalue weighted by Crippen LogP contribution is -2.39. The Morgan fingerprint density at radius 3 is 2.62 bits per heavy atom. The van der Waals surface area contributed by atoms with Gasteiger partial charge in [0.2, 0.25) is 11.8 Å². The molecular formula is C18H24N2O4. The van der Waals surface area contributed by atoms with Crippen LogP contribution in [-0.4, -0.2) is 36.5 Å². The van der Waals surface area contributed by atoms with Crippen LogP contribution in [0.25, 0.3) is 0 Å². The Morgan fingerprint density at radius 1 is 1.25 bits per heavy atom. The summed E-state index contributed by atoms with van der Waals surface area (Å²) in [7, 11) is 1.49. The second-order valence-corrected chi connectivity index (χ2v) is 6.30. The molecule has 0 aromatic heterocycles. The third-order valence-corrected chi connectivity index (χ3v) is 4.56. The summed E-state index contributed by atoms with van der Waals surface area (Å²) < 4.78 is 0. The van der Waals surface area contributed by atoms with Crippen LogP contribution in [-0.2, 0) is 27.2 Å². The monoisotopic (exact) mass is 332 g/mol. The van der Waals surface area contributed by atoms with Gasteiger partial charge in [0.05, 0.1) is 13.0 Å². The first kappa shape index (κ1) is 18.0. The fourth-order valence-electron chi connectivity index (χ4n) is 3.27. The lowest BCUT2D eigenvalue weighted by atomic mass is 9.78. The number of carbonyl (C=O) groups is 3. The van der Waals surface area contributed by atoms with Crippen LogP contribution in [0, 0.1) is 11.8 Å². The van der Waals surface area contributed by atoms with Crippen molar-refractivity contribution in [3.05, 3.63) is 35.4 Å². The number of rotatable bonds is 7. The number of amides is 2. The Bertz CT molecular complexity index is 615. The van der Waals surface area contributed by atoms with E-state index in [9.17, 15) is 14.4 Å². The molecule has 24 heavy (non-hydrogen) atoms. The molecule has 0 saturated carbocycles. The minimum atomic E-state index is -0.994. The summed E-state index contributed by atoms with van der Waals surface area (Å²) in [5.41, 5.74) is 2.63. The maximum atomic E-state index is 12.3. The van der Waals surface area contributed by atoms with E-state index in [0.717, 1.165) is 19.3 Å². The zero-order valence-electron chi connectivity index (χ0n) is 13.9. The molecule has 6 heteroatoms. The highest BCUT2D eigenvalue weighted by atomic mass is 16.4. The van der Waals surface area contributed by atoms with Crippen molar-refractivity contribution in [2.75, 3.05) is 13.6 Å². The van der Waals surface area contributed by atoms with Gasteiger partial charge < -0.3 is 15.7 Å². The molecule has 2 rings (SSSR count). The molecule has 1 aromatic rings. The van der Waals surface area contributed by atoms with Crippen LogP contribution in [0.5, 0.6) is 0 Å². The molecule has 0 spiro atoms. The van der Waals surface area contributed by atoms with Gasteiger partial charge in [-0.2, -0.15) is 0 Å². The van der Waals surface area contributed by atoms with Crippen LogP contribution in [0.4, 0.5) is 0 Å². The first-order valence-electron chi connectivity index (χ1n) is 8.26. The lowest BCUT2D eigenvalue weighted by molar-refractivity contribution is -0.141. The average Bonchev–Trinajstić information content (AvgIpc) is 2.58. The molecule has 0 radical (unpaired) electrons. The second-order valence-electron chi connectivity index (χ2n) is 6.30. The van der Waals surface area contributed by atoms with Crippen LogP contribution in [0.15, 0.2) is 24.3 Å². The van der Waals surface area contributed by atoms with Crippen LogP contribution < -0.4 is 10.6 Å². The van der Waals surface area contributed by atoms with Gasteiger partial charge in [-0.3, -0.25) is 14.4 Å². The smallest absolute Gasteiger partial charge is 0.304 e. The number of likely N-dealkylation sites (N-methyl/N-ethyl adjacent to an activating group) is 1. The number of hydrogen-bond acceptors (Lipinski definition) is 3. The van der Waals surface area contributed by atoms with Crippen molar-refractivity contribution in [1.29, 1.82) is 0 Å². The van der Waals surface area contributed by atoms with Crippen molar-refractivity contribution in [2.24, 2.45) is 11.8 Å². The fourth-order valence-corrected chi connectivity index (χ4v) is 3.27. The maximum Gasteiger partial charge on any atom is 0.304 e. The molecule has 0 aliphatic heterocycles. The van der Waals surface area contributed by atoms with Gasteiger partial charge in [-0.05, 0) is 42.7 Å². The number of aliphatic carboxylic acids is 1. The number of carboxylic acid groups (broad SMARTS) is 1. The highest BCUT2D eigenvalue weighted by molar-refractivity contribution is 5.87. The van der Waals surface area contributed by atoms with Gasteiger partial charge in [-0.15, -0.1) is 0 Å². The Balaban J connectivity index is 1.97. The van der Waals surface area contributed by atoms with Crippen molar-refractivity contribution >= 4 is 17.8 Å². The van der Waals surface area contributed by atoms with E-state index in [1.54, 1.807) is 0 Å². The van der Waals surface area contributed by atoms with Gasteiger partial charge in [-0.25, -0.2) is 0 Å². The molecule has 2 unspecified atom stereocenters. The van der Waals surface area contributed by atoms with E-state index in [1.165, 1.54) is 18.2 Å². The maximum absolute atomic E-state index is 12.3. The molecule has 0 bridgehead atoms. The van der Waals surface area contributed by atoms with Gasteiger partial charge in [0.15, 0.2) is 0 Å². The first-order valence-corrected chi connectivity index (χ1v) is 8.26. The summed E-state index contributed by atoms with van der Waals surface area (Å²) in [6.45, 7) is -0.126. The molecule has 3 N–H and O–H groups in total. The first-order chi connectivity index (χ1) is 11.5. The van der Waals surface area contributed by atoms with Gasteiger partial charge in [0.25, 0.3) is 0 Å². The van der Waals surface area contributed by atoms with E-state index in [1.807, 2.05) is 12.1 Å². The van der Waals surface area contributed by atoms with Crippen molar-refractivity contribution in [2.45, 2.75) is 32.1 Å². The summed E-state index contributed by atoms with van der Waals surface area (Å²) in [5, 5.41) is 14.0. The van der Waals surface area contributed by atoms with E-state index in [4.69, 9.17) is 5.11 Å². The number of aryl methyl sites for hydroxylation is 1. The molecule has 2 amide bonds. The SMILES string of the molecule is CNC(=O)CNC(=O)C(CC(=O)O)CC1CCc2ccccc2C1. The molecule has 0 fully saturated rings. The number of nitrogens with one attached hydrogen (secondary N) is 2. The average molecular weight is 332 g/mol. The van der Waals surface area contributed by atoms with Crippen molar-refractivity contribution in [3.63, 3.8) is 0 Å². The Labute approximate surface area is 141 Å². The second kappa shape index (κ2) is 8.47. The third-order valence-electron chi connectivity index (χ3n) is 4.56. The molecule has 130 valence electrons. The van der Waals surface area contributed by atoms with E-state index in [0.29, 0.717) is 6.42 Å². The molecular weight excluding hydrogens is 308 g/mol. The Morgan fingerprint density at radius 2 is 1.96 bits per heavy atom. The molecule has 0 heterocycles. The van der Waals surface area contributed by atoms with Gasteiger partial charge in [0.1, 0.15) is 0 Å². The van der Waals surface area contributed by atoms with E-state index in [2.05, 4.69) is 22.8 Å². The van der Waals surface area contributed by atoms with Crippen LogP contribution >= 0.6 is 0 Å². The molecule has 1 aliphatic carbocycles. The largest absolute Gasteiger partial charge is 0.481 e. The van der Waals surface area contributed by atoms with Crippen molar-refractivity contribution < 1.29 is 19.5 Å². The van der Waals surface area contributed by atoms with Crippen LogP contribution in [0.2, 0.25) is 0 Å². The Hall–Kier alpha value is -2.37. The summed E-state index contributed by atoms with van der Waals surface area (Å²) in [4.78, 5) is 34.6.